The van der Waals surface area contributed by atoms with Crippen molar-refractivity contribution < 1.29 is 4.63 Å². The van der Waals surface area contributed by atoms with Crippen molar-refractivity contribution in [2.75, 3.05) is 0 Å². The third-order valence-electron chi connectivity index (χ3n) is 3.15. The first-order valence-corrected chi connectivity index (χ1v) is 5.85. The lowest BCUT2D eigenvalue weighted by Gasteiger charge is -2.07. The molecule has 2 heterocycles. The zero-order valence-corrected chi connectivity index (χ0v) is 10.1. The molecule has 0 aliphatic heterocycles. The Bertz CT molecular complexity index is 670. The van der Waals surface area contributed by atoms with Crippen molar-refractivity contribution >= 4 is 10.9 Å². The van der Waals surface area contributed by atoms with Crippen LogP contribution in [0.4, 0.5) is 0 Å². The van der Waals surface area contributed by atoms with E-state index in [-0.39, 0.29) is 6.04 Å². The topological polar surface area (TPSA) is 80.7 Å². The molecule has 0 spiro atoms. The van der Waals surface area contributed by atoms with E-state index >= 15 is 0 Å². The van der Waals surface area contributed by atoms with Gasteiger partial charge in [0, 0.05) is 17.1 Å². The predicted octanol–water partition coefficient (Wildman–Crippen LogP) is 2.10. The van der Waals surface area contributed by atoms with E-state index in [0.717, 1.165) is 16.9 Å². The Hall–Kier alpha value is -2.14. The Morgan fingerprint density at radius 2 is 2.17 bits per heavy atom. The minimum atomic E-state index is -0.199. The molecule has 0 amide bonds. The number of rotatable bonds is 3. The molecule has 5 heteroatoms. The number of nitrogens with one attached hydrogen (secondary N) is 1. The number of nitrogens with zero attached hydrogens (tertiary/aromatic N) is 2. The fraction of sp³-hybridized carbons (Fsp3) is 0.231. The zero-order chi connectivity index (χ0) is 12.5. The van der Waals surface area contributed by atoms with Crippen LogP contribution in [-0.2, 0) is 6.42 Å². The van der Waals surface area contributed by atoms with Crippen molar-refractivity contribution in [1.29, 1.82) is 0 Å². The van der Waals surface area contributed by atoms with E-state index in [1.165, 1.54) is 10.9 Å². The minimum absolute atomic E-state index is 0.199. The van der Waals surface area contributed by atoms with Crippen molar-refractivity contribution in [3.63, 3.8) is 0 Å². The summed E-state index contributed by atoms with van der Waals surface area (Å²) >= 11 is 0. The molecule has 2 aromatic heterocycles. The average molecular weight is 242 g/mol. The van der Waals surface area contributed by atoms with Gasteiger partial charge >= 0.3 is 0 Å². The fourth-order valence-corrected chi connectivity index (χ4v) is 2.21. The normalized spacial score (nSPS) is 13.0. The highest BCUT2D eigenvalue weighted by atomic mass is 16.6. The molecule has 0 bridgehead atoms. The van der Waals surface area contributed by atoms with E-state index in [2.05, 4.69) is 26.0 Å². The van der Waals surface area contributed by atoms with Crippen LogP contribution in [0.2, 0.25) is 0 Å². The van der Waals surface area contributed by atoms with E-state index in [9.17, 15) is 0 Å². The van der Waals surface area contributed by atoms with Gasteiger partial charge in [0.25, 0.3) is 0 Å². The SMILES string of the molecule is Cc1nonc1C(N)Cc1c[nH]c2ccccc12. The van der Waals surface area contributed by atoms with Crippen molar-refractivity contribution in [1.82, 2.24) is 15.3 Å². The van der Waals surface area contributed by atoms with Gasteiger partial charge in [-0.25, -0.2) is 4.63 Å². The summed E-state index contributed by atoms with van der Waals surface area (Å²) in [5.41, 5.74) is 9.92. The summed E-state index contributed by atoms with van der Waals surface area (Å²) in [6.07, 6.45) is 2.70. The minimum Gasteiger partial charge on any atom is -0.361 e. The largest absolute Gasteiger partial charge is 0.361 e. The number of hydrogen-bond acceptors (Lipinski definition) is 4. The molecule has 1 aromatic carbocycles. The maximum absolute atomic E-state index is 6.15. The molecule has 0 radical (unpaired) electrons. The van der Waals surface area contributed by atoms with E-state index in [4.69, 9.17) is 5.73 Å². The van der Waals surface area contributed by atoms with Gasteiger partial charge in [-0.2, -0.15) is 0 Å². The Kier molecular flexibility index (Phi) is 2.60. The standard InChI is InChI=1S/C13H14N4O/c1-8-13(17-18-16-8)11(14)6-9-7-15-12-5-3-2-4-10(9)12/h2-5,7,11,15H,6,14H2,1H3. The Labute approximate surface area is 104 Å². The van der Waals surface area contributed by atoms with Crippen LogP contribution in [0.15, 0.2) is 35.1 Å². The number of benzene rings is 1. The van der Waals surface area contributed by atoms with Gasteiger partial charge in [-0.15, -0.1) is 0 Å². The lowest BCUT2D eigenvalue weighted by molar-refractivity contribution is 0.299. The van der Waals surface area contributed by atoms with Crippen LogP contribution in [0.25, 0.3) is 10.9 Å². The monoisotopic (exact) mass is 242 g/mol. The molecule has 5 nitrogen and oxygen atoms in total. The van der Waals surface area contributed by atoms with Crippen LogP contribution in [0.1, 0.15) is 23.0 Å². The molecule has 3 aromatic rings. The van der Waals surface area contributed by atoms with E-state index in [1.807, 2.05) is 31.3 Å². The summed E-state index contributed by atoms with van der Waals surface area (Å²) in [6, 6.07) is 7.97. The quantitative estimate of drug-likeness (QED) is 0.737. The van der Waals surface area contributed by atoms with Crippen LogP contribution in [0.3, 0.4) is 0 Å². The summed E-state index contributed by atoms with van der Waals surface area (Å²) in [6.45, 7) is 1.85. The van der Waals surface area contributed by atoms with Gasteiger partial charge in [0.05, 0.1) is 6.04 Å². The molecular weight excluding hydrogens is 228 g/mol. The summed E-state index contributed by atoms with van der Waals surface area (Å²) in [5, 5.41) is 8.81. The molecule has 3 N–H and O–H groups in total. The number of aryl methyl sites for hydroxylation is 1. The number of para-hydroxylation sites is 1. The summed E-state index contributed by atoms with van der Waals surface area (Å²) in [5.74, 6) is 0. The molecule has 18 heavy (non-hydrogen) atoms. The summed E-state index contributed by atoms with van der Waals surface area (Å²) in [4.78, 5) is 3.24. The second-order valence-electron chi connectivity index (χ2n) is 4.40. The summed E-state index contributed by atoms with van der Waals surface area (Å²) in [7, 11) is 0. The first kappa shape index (κ1) is 11.0. The van der Waals surface area contributed by atoms with E-state index in [1.54, 1.807) is 0 Å². The predicted molar refractivity (Wildman–Crippen MR) is 68.0 cm³/mol. The third kappa shape index (κ3) is 1.78. The molecular formula is C13H14N4O. The van der Waals surface area contributed by atoms with Gasteiger partial charge in [-0.05, 0) is 25.0 Å². The maximum atomic E-state index is 6.15. The first-order valence-electron chi connectivity index (χ1n) is 5.85. The zero-order valence-electron chi connectivity index (χ0n) is 10.1. The Balaban J connectivity index is 1.91. The van der Waals surface area contributed by atoms with Crippen LogP contribution in [0.5, 0.6) is 0 Å². The van der Waals surface area contributed by atoms with Crippen molar-refractivity contribution in [3.8, 4) is 0 Å². The van der Waals surface area contributed by atoms with Gasteiger partial charge in [0.15, 0.2) is 0 Å². The van der Waals surface area contributed by atoms with Gasteiger partial charge in [0.2, 0.25) is 0 Å². The molecule has 0 saturated carbocycles. The van der Waals surface area contributed by atoms with Crippen LogP contribution < -0.4 is 5.73 Å². The van der Waals surface area contributed by atoms with Crippen LogP contribution in [-0.4, -0.2) is 15.3 Å². The van der Waals surface area contributed by atoms with Crippen molar-refractivity contribution in [3.05, 3.63) is 47.4 Å². The number of aromatic amines is 1. The number of H-pyrrole nitrogens is 1. The fourth-order valence-electron chi connectivity index (χ4n) is 2.21. The molecule has 0 aliphatic rings. The highest BCUT2D eigenvalue weighted by Gasteiger charge is 2.16. The maximum Gasteiger partial charge on any atom is 0.125 e. The Morgan fingerprint density at radius 3 is 2.94 bits per heavy atom. The van der Waals surface area contributed by atoms with Gasteiger partial charge in [-0.1, -0.05) is 28.5 Å². The van der Waals surface area contributed by atoms with Gasteiger partial charge in [0.1, 0.15) is 11.4 Å². The van der Waals surface area contributed by atoms with Crippen molar-refractivity contribution in [2.24, 2.45) is 5.73 Å². The molecule has 0 fully saturated rings. The van der Waals surface area contributed by atoms with Gasteiger partial charge in [-0.3, -0.25) is 0 Å². The second-order valence-corrected chi connectivity index (χ2v) is 4.40. The van der Waals surface area contributed by atoms with Crippen molar-refractivity contribution in [2.45, 2.75) is 19.4 Å². The second kappa shape index (κ2) is 4.27. The van der Waals surface area contributed by atoms with E-state index in [0.29, 0.717) is 6.42 Å². The molecule has 3 rings (SSSR count). The molecule has 0 saturated heterocycles. The number of hydrogen-bond donors (Lipinski definition) is 2. The smallest absolute Gasteiger partial charge is 0.125 e. The van der Waals surface area contributed by atoms with Gasteiger partial charge < -0.3 is 10.7 Å². The lowest BCUT2D eigenvalue weighted by atomic mass is 10.0. The average Bonchev–Trinajstić information content (AvgIpc) is 2.97. The first-order chi connectivity index (χ1) is 8.75. The number of aromatic nitrogens is 3. The van der Waals surface area contributed by atoms with E-state index < -0.39 is 0 Å². The van der Waals surface area contributed by atoms with Crippen LogP contribution in [0, 0.1) is 6.92 Å². The summed E-state index contributed by atoms with van der Waals surface area (Å²) < 4.78 is 4.69. The third-order valence-corrected chi connectivity index (χ3v) is 3.15. The number of fused-ring (bicyclic) bond motifs is 1. The Morgan fingerprint density at radius 1 is 1.33 bits per heavy atom. The van der Waals surface area contributed by atoms with Crippen LogP contribution >= 0.6 is 0 Å². The molecule has 1 atom stereocenters. The lowest BCUT2D eigenvalue weighted by Crippen LogP contribution is -2.14. The highest BCUT2D eigenvalue weighted by molar-refractivity contribution is 5.83. The molecule has 92 valence electrons. The highest BCUT2D eigenvalue weighted by Crippen LogP contribution is 2.23. The molecule has 1 unspecified atom stereocenters. The molecule has 0 aliphatic carbocycles. The number of nitrogens with two attached hydrogens (primary N) is 1.